The number of alkyl halides is 1. The molecule has 0 heterocycles. The third-order valence-electron chi connectivity index (χ3n) is 3.12. The van der Waals surface area contributed by atoms with Gasteiger partial charge >= 0.3 is 0 Å². The maximum absolute atomic E-state index is 12.0. The molecule has 0 aliphatic heterocycles. The normalized spacial score (nSPS) is 12.8. The second-order valence-corrected chi connectivity index (χ2v) is 5.28. The Bertz CT molecular complexity index is 208. The lowest BCUT2D eigenvalue weighted by Crippen LogP contribution is -2.38. The summed E-state index contributed by atoms with van der Waals surface area (Å²) in [6.45, 7) is 13.4. The average molecular weight is 307 g/mol. The topological polar surface area (TPSA) is 23.6 Å². The van der Waals surface area contributed by atoms with Crippen molar-refractivity contribution in [2.75, 3.05) is 32.7 Å². The highest BCUT2D eigenvalue weighted by molar-refractivity contribution is 9.10. The molecule has 4 heteroatoms. The van der Waals surface area contributed by atoms with E-state index >= 15 is 0 Å². The number of hydrogen-bond donors (Lipinski definition) is 0. The summed E-state index contributed by atoms with van der Waals surface area (Å²) in [5, 5.41) is 0. The summed E-state index contributed by atoms with van der Waals surface area (Å²) in [6, 6.07) is 0. The predicted octanol–water partition coefficient (Wildman–Crippen LogP) is 2.74. The molecule has 0 aromatic carbocycles. The molecule has 0 bridgehead atoms. The number of hydrogen-bond acceptors (Lipinski definition) is 2. The first-order valence-electron chi connectivity index (χ1n) is 6.75. The summed E-state index contributed by atoms with van der Waals surface area (Å²) in [4.78, 5) is 16.3. The number of rotatable bonds is 9. The molecule has 0 rings (SSSR count). The summed E-state index contributed by atoms with van der Waals surface area (Å²) >= 11 is 3.43. The molecule has 1 amide bonds. The third-order valence-corrected chi connectivity index (χ3v) is 4.16. The molecule has 17 heavy (non-hydrogen) atoms. The smallest absolute Gasteiger partial charge is 0.236 e. The molecule has 0 aliphatic rings. The van der Waals surface area contributed by atoms with E-state index in [1.54, 1.807) is 0 Å². The van der Waals surface area contributed by atoms with E-state index < -0.39 is 0 Å². The van der Waals surface area contributed by atoms with Crippen LogP contribution in [0.1, 0.15) is 40.5 Å². The highest BCUT2D eigenvalue weighted by Crippen LogP contribution is 2.09. The van der Waals surface area contributed by atoms with Gasteiger partial charge in [-0.15, -0.1) is 0 Å². The van der Waals surface area contributed by atoms with E-state index in [0.29, 0.717) is 0 Å². The molecule has 1 unspecified atom stereocenters. The van der Waals surface area contributed by atoms with Crippen LogP contribution in [0.2, 0.25) is 0 Å². The van der Waals surface area contributed by atoms with Gasteiger partial charge in [0.1, 0.15) is 0 Å². The molecule has 0 saturated heterocycles. The minimum Gasteiger partial charge on any atom is -0.342 e. The Labute approximate surface area is 115 Å². The molecule has 0 aromatic rings. The van der Waals surface area contributed by atoms with Gasteiger partial charge in [-0.25, -0.2) is 0 Å². The first kappa shape index (κ1) is 16.9. The van der Waals surface area contributed by atoms with Crippen molar-refractivity contribution in [1.82, 2.24) is 9.80 Å². The second-order valence-electron chi connectivity index (χ2n) is 4.17. The van der Waals surface area contributed by atoms with E-state index in [4.69, 9.17) is 0 Å². The van der Waals surface area contributed by atoms with Gasteiger partial charge in [0.15, 0.2) is 0 Å². The summed E-state index contributed by atoms with van der Waals surface area (Å²) in [5.74, 6) is 0.231. The van der Waals surface area contributed by atoms with Gasteiger partial charge in [-0.05, 0) is 39.4 Å². The van der Waals surface area contributed by atoms with Gasteiger partial charge in [-0.3, -0.25) is 4.79 Å². The van der Waals surface area contributed by atoms with Crippen molar-refractivity contribution in [3.63, 3.8) is 0 Å². The molecular formula is C13H27BrN2O. The molecule has 0 aromatic heterocycles. The summed E-state index contributed by atoms with van der Waals surface area (Å²) in [7, 11) is 0. The van der Waals surface area contributed by atoms with Crippen LogP contribution in [0, 0.1) is 0 Å². The molecule has 3 nitrogen and oxygen atoms in total. The zero-order valence-electron chi connectivity index (χ0n) is 11.7. The zero-order chi connectivity index (χ0) is 13.3. The van der Waals surface area contributed by atoms with Gasteiger partial charge in [-0.2, -0.15) is 0 Å². The highest BCUT2D eigenvalue weighted by atomic mass is 79.9. The fraction of sp³-hybridized carbons (Fsp3) is 0.923. The molecule has 0 fully saturated rings. The van der Waals surface area contributed by atoms with Crippen molar-refractivity contribution in [3.8, 4) is 0 Å². The van der Waals surface area contributed by atoms with Crippen LogP contribution >= 0.6 is 15.9 Å². The molecule has 0 radical (unpaired) electrons. The van der Waals surface area contributed by atoms with Crippen LogP contribution < -0.4 is 0 Å². The fourth-order valence-electron chi connectivity index (χ4n) is 1.82. The third kappa shape index (κ3) is 6.41. The summed E-state index contributed by atoms with van der Waals surface area (Å²) in [5.41, 5.74) is 0. The van der Waals surface area contributed by atoms with Crippen LogP contribution in [0.25, 0.3) is 0 Å². The van der Waals surface area contributed by atoms with Gasteiger partial charge in [0.2, 0.25) is 5.91 Å². The molecule has 102 valence electrons. The molecule has 0 spiro atoms. The Morgan fingerprint density at radius 3 is 2.06 bits per heavy atom. The number of carbonyl (C=O) groups excluding carboxylic acids is 1. The Hall–Kier alpha value is -0.0900. The highest BCUT2D eigenvalue weighted by Gasteiger charge is 2.18. The predicted molar refractivity (Wildman–Crippen MR) is 77.7 cm³/mol. The van der Waals surface area contributed by atoms with Gasteiger partial charge in [-0.1, -0.05) is 36.7 Å². The van der Waals surface area contributed by atoms with Crippen LogP contribution in [0.4, 0.5) is 0 Å². The first-order valence-corrected chi connectivity index (χ1v) is 7.67. The van der Waals surface area contributed by atoms with Crippen LogP contribution in [-0.4, -0.2) is 53.3 Å². The van der Waals surface area contributed by atoms with E-state index in [2.05, 4.69) is 34.7 Å². The molecule has 0 aliphatic carbocycles. The fourth-order valence-corrected chi connectivity index (χ4v) is 2.11. The van der Waals surface area contributed by atoms with Gasteiger partial charge in [0.25, 0.3) is 0 Å². The molecule has 0 N–H and O–H groups in total. The summed E-state index contributed by atoms with van der Waals surface area (Å²) in [6.07, 6.45) is 1.91. The van der Waals surface area contributed by atoms with E-state index in [1.807, 2.05) is 18.7 Å². The van der Waals surface area contributed by atoms with Gasteiger partial charge in [0.05, 0.1) is 4.83 Å². The SMILES string of the molecule is CCC(Br)C(=O)N(CC)CCCN(CC)CC. The van der Waals surface area contributed by atoms with Gasteiger partial charge < -0.3 is 9.80 Å². The summed E-state index contributed by atoms with van der Waals surface area (Å²) < 4.78 is 0. The van der Waals surface area contributed by atoms with Crippen molar-refractivity contribution in [2.45, 2.75) is 45.4 Å². The average Bonchev–Trinajstić information content (AvgIpc) is 2.37. The van der Waals surface area contributed by atoms with Crippen molar-refractivity contribution >= 4 is 21.8 Å². The van der Waals surface area contributed by atoms with Gasteiger partial charge in [0, 0.05) is 13.1 Å². The Morgan fingerprint density at radius 2 is 1.65 bits per heavy atom. The van der Waals surface area contributed by atoms with Crippen LogP contribution in [-0.2, 0) is 4.79 Å². The van der Waals surface area contributed by atoms with E-state index in [1.165, 1.54) is 0 Å². The number of nitrogens with zero attached hydrogens (tertiary/aromatic N) is 2. The number of carbonyl (C=O) groups is 1. The van der Waals surface area contributed by atoms with E-state index in [0.717, 1.165) is 45.6 Å². The van der Waals surface area contributed by atoms with Crippen molar-refractivity contribution < 1.29 is 4.79 Å². The maximum atomic E-state index is 12.0. The minimum absolute atomic E-state index is 0.0177. The molecular weight excluding hydrogens is 280 g/mol. The lowest BCUT2D eigenvalue weighted by Gasteiger charge is -2.25. The molecule has 1 atom stereocenters. The van der Waals surface area contributed by atoms with Crippen molar-refractivity contribution in [2.24, 2.45) is 0 Å². The van der Waals surface area contributed by atoms with Crippen LogP contribution in [0.15, 0.2) is 0 Å². The Kier molecular flexibility index (Phi) is 9.84. The standard InChI is InChI=1S/C13H27BrN2O/c1-5-12(14)13(17)16(8-4)11-9-10-15(6-2)7-3/h12H,5-11H2,1-4H3. The Balaban J connectivity index is 4.01. The largest absolute Gasteiger partial charge is 0.342 e. The minimum atomic E-state index is -0.0177. The van der Waals surface area contributed by atoms with Crippen LogP contribution in [0.3, 0.4) is 0 Å². The lowest BCUT2D eigenvalue weighted by molar-refractivity contribution is -0.130. The monoisotopic (exact) mass is 306 g/mol. The number of halogens is 1. The Morgan fingerprint density at radius 1 is 1.06 bits per heavy atom. The van der Waals surface area contributed by atoms with E-state index in [9.17, 15) is 4.79 Å². The first-order chi connectivity index (χ1) is 8.10. The number of amides is 1. The molecule has 0 saturated carbocycles. The lowest BCUT2D eigenvalue weighted by atomic mass is 10.2. The van der Waals surface area contributed by atoms with E-state index in [-0.39, 0.29) is 10.7 Å². The second kappa shape index (κ2) is 9.89. The van der Waals surface area contributed by atoms with Crippen molar-refractivity contribution in [1.29, 1.82) is 0 Å². The maximum Gasteiger partial charge on any atom is 0.236 e. The zero-order valence-corrected chi connectivity index (χ0v) is 13.3. The van der Waals surface area contributed by atoms with Crippen molar-refractivity contribution in [3.05, 3.63) is 0 Å². The van der Waals surface area contributed by atoms with Crippen LogP contribution in [0.5, 0.6) is 0 Å². The quantitative estimate of drug-likeness (QED) is 0.612.